The van der Waals surface area contributed by atoms with E-state index in [1.807, 2.05) is 6.92 Å². The minimum atomic E-state index is -0.114. The summed E-state index contributed by atoms with van der Waals surface area (Å²) in [7, 11) is 0. The fourth-order valence-electron chi connectivity index (χ4n) is 3.11. The van der Waals surface area contributed by atoms with Gasteiger partial charge in [0, 0.05) is 18.3 Å². The highest BCUT2D eigenvalue weighted by atomic mass is 32.2. The van der Waals surface area contributed by atoms with Gasteiger partial charge in [0.1, 0.15) is 0 Å². The lowest BCUT2D eigenvalue weighted by molar-refractivity contribution is -0.120. The smallest absolute Gasteiger partial charge is 0.233 e. The van der Waals surface area contributed by atoms with E-state index in [4.69, 9.17) is 4.98 Å². The number of hydrogen-bond donors (Lipinski definition) is 1. The molecule has 1 aromatic heterocycles. The Bertz CT molecular complexity index is 533. The van der Waals surface area contributed by atoms with Crippen LogP contribution in [0.2, 0.25) is 0 Å². The van der Waals surface area contributed by atoms with Crippen molar-refractivity contribution in [2.45, 2.75) is 83.2 Å². The second-order valence-corrected chi connectivity index (χ2v) is 8.43. The van der Waals surface area contributed by atoms with Gasteiger partial charge in [0.05, 0.1) is 10.9 Å². The molecular weight excluding hydrogens is 306 g/mol. The summed E-state index contributed by atoms with van der Waals surface area (Å²) < 4.78 is 2.39. The van der Waals surface area contributed by atoms with Gasteiger partial charge in [-0.15, -0.1) is 0 Å². The summed E-state index contributed by atoms with van der Waals surface area (Å²) in [4.78, 5) is 17.0. The Kier molecular flexibility index (Phi) is 6.57. The third kappa shape index (κ3) is 4.75. The van der Waals surface area contributed by atoms with E-state index in [-0.39, 0.29) is 11.2 Å². The largest absolute Gasteiger partial charge is 0.355 e. The number of hydrogen-bond acceptors (Lipinski definition) is 3. The summed E-state index contributed by atoms with van der Waals surface area (Å²) in [5.74, 6) is 0.585. The van der Waals surface area contributed by atoms with Gasteiger partial charge in [-0.3, -0.25) is 4.79 Å². The average molecular weight is 338 g/mol. The van der Waals surface area contributed by atoms with Crippen molar-refractivity contribution in [1.29, 1.82) is 0 Å². The van der Waals surface area contributed by atoms with E-state index in [9.17, 15) is 4.79 Å². The van der Waals surface area contributed by atoms with Crippen molar-refractivity contribution in [1.82, 2.24) is 14.9 Å². The summed E-state index contributed by atoms with van der Waals surface area (Å²) in [6, 6.07) is 0.554. The zero-order valence-electron chi connectivity index (χ0n) is 15.2. The van der Waals surface area contributed by atoms with Gasteiger partial charge in [0.25, 0.3) is 0 Å². The van der Waals surface area contributed by atoms with E-state index in [0.29, 0.717) is 12.0 Å². The monoisotopic (exact) mass is 337 g/mol. The molecule has 130 valence electrons. The minimum Gasteiger partial charge on any atom is -0.355 e. The third-order valence-corrected chi connectivity index (χ3v) is 5.70. The Balaban J connectivity index is 2.09. The molecule has 1 atom stereocenters. The van der Waals surface area contributed by atoms with Crippen LogP contribution in [0.3, 0.4) is 0 Å². The minimum absolute atomic E-state index is 0.109. The summed E-state index contributed by atoms with van der Waals surface area (Å²) >= 11 is 1.60. The summed E-state index contributed by atoms with van der Waals surface area (Å²) in [6.45, 7) is 11.2. The van der Waals surface area contributed by atoms with Crippen LogP contribution in [0.4, 0.5) is 0 Å². The standard InChI is InChI=1S/C18H31N3OS/c1-12(2)11-19-17(22)15(5)23-18-20-13(3)14(4)21(18)16-9-7-6-8-10-16/h12,15-16H,6-11H2,1-5H3,(H,19,22). The highest BCUT2D eigenvalue weighted by Gasteiger charge is 2.24. The molecule has 1 N–H and O–H groups in total. The first-order chi connectivity index (χ1) is 10.9. The van der Waals surface area contributed by atoms with E-state index in [0.717, 1.165) is 17.4 Å². The van der Waals surface area contributed by atoms with Crippen LogP contribution in [0.25, 0.3) is 0 Å². The molecule has 1 aliphatic rings. The first kappa shape index (κ1) is 18.4. The quantitative estimate of drug-likeness (QED) is 0.789. The Labute approximate surface area is 144 Å². The second kappa shape index (κ2) is 8.22. The number of aryl methyl sites for hydroxylation is 1. The molecular formula is C18H31N3OS. The maximum Gasteiger partial charge on any atom is 0.233 e. The Morgan fingerprint density at radius 2 is 1.91 bits per heavy atom. The molecule has 5 heteroatoms. The van der Waals surface area contributed by atoms with Crippen molar-refractivity contribution < 1.29 is 4.79 Å². The number of amides is 1. The number of nitrogens with zero attached hydrogens (tertiary/aromatic N) is 2. The molecule has 0 spiro atoms. The summed E-state index contributed by atoms with van der Waals surface area (Å²) in [6.07, 6.45) is 6.42. The van der Waals surface area contributed by atoms with Gasteiger partial charge in [-0.2, -0.15) is 0 Å². The van der Waals surface area contributed by atoms with Gasteiger partial charge in [-0.25, -0.2) is 4.98 Å². The molecule has 0 radical (unpaired) electrons. The average Bonchev–Trinajstić information content (AvgIpc) is 2.80. The second-order valence-electron chi connectivity index (χ2n) is 7.13. The number of nitrogens with one attached hydrogen (secondary N) is 1. The Morgan fingerprint density at radius 1 is 1.26 bits per heavy atom. The number of imidazole rings is 1. The van der Waals surface area contributed by atoms with Crippen molar-refractivity contribution in [3.05, 3.63) is 11.4 Å². The zero-order valence-corrected chi connectivity index (χ0v) is 16.0. The van der Waals surface area contributed by atoms with Gasteiger partial charge in [0.2, 0.25) is 5.91 Å². The first-order valence-electron chi connectivity index (χ1n) is 8.90. The zero-order chi connectivity index (χ0) is 17.0. The van der Waals surface area contributed by atoms with E-state index in [2.05, 4.69) is 37.6 Å². The molecule has 1 fully saturated rings. The van der Waals surface area contributed by atoms with Gasteiger partial charge in [-0.05, 0) is 39.5 Å². The maximum absolute atomic E-state index is 12.3. The molecule has 23 heavy (non-hydrogen) atoms. The number of carbonyl (C=O) groups is 1. The molecule has 1 saturated carbocycles. The molecule has 1 aliphatic carbocycles. The summed E-state index contributed by atoms with van der Waals surface area (Å²) in [5, 5.41) is 3.93. The highest BCUT2D eigenvalue weighted by Crippen LogP contribution is 2.35. The lowest BCUT2D eigenvalue weighted by atomic mass is 9.95. The van der Waals surface area contributed by atoms with Crippen molar-refractivity contribution in [2.75, 3.05) is 6.54 Å². The highest BCUT2D eigenvalue weighted by molar-refractivity contribution is 8.00. The Hall–Kier alpha value is -0.970. The molecule has 1 heterocycles. The lowest BCUT2D eigenvalue weighted by Crippen LogP contribution is -2.33. The summed E-state index contributed by atoms with van der Waals surface area (Å²) in [5.41, 5.74) is 2.35. The molecule has 4 nitrogen and oxygen atoms in total. The molecule has 0 aliphatic heterocycles. The molecule has 1 unspecified atom stereocenters. The van der Waals surface area contributed by atoms with E-state index < -0.39 is 0 Å². The van der Waals surface area contributed by atoms with Crippen molar-refractivity contribution in [3.63, 3.8) is 0 Å². The lowest BCUT2D eigenvalue weighted by Gasteiger charge is -2.26. The predicted octanol–water partition coefficient (Wildman–Crippen LogP) is 4.26. The van der Waals surface area contributed by atoms with Crippen LogP contribution >= 0.6 is 11.8 Å². The number of aromatic nitrogens is 2. The van der Waals surface area contributed by atoms with Crippen LogP contribution in [0, 0.1) is 19.8 Å². The molecule has 1 amide bonds. The Morgan fingerprint density at radius 3 is 2.52 bits per heavy atom. The molecule has 1 aromatic rings. The number of thioether (sulfide) groups is 1. The van der Waals surface area contributed by atoms with Crippen molar-refractivity contribution in [2.24, 2.45) is 5.92 Å². The van der Waals surface area contributed by atoms with Gasteiger partial charge < -0.3 is 9.88 Å². The molecule has 2 rings (SSSR count). The fraction of sp³-hybridized carbons (Fsp3) is 0.778. The van der Waals surface area contributed by atoms with Crippen LogP contribution in [0.1, 0.15) is 70.3 Å². The fourth-order valence-corrected chi connectivity index (χ4v) is 4.20. The van der Waals surface area contributed by atoms with Gasteiger partial charge in [0.15, 0.2) is 5.16 Å². The molecule has 0 aromatic carbocycles. The van der Waals surface area contributed by atoms with Crippen LogP contribution in [0.15, 0.2) is 5.16 Å². The van der Waals surface area contributed by atoms with E-state index in [1.54, 1.807) is 11.8 Å². The number of carbonyl (C=O) groups excluding carboxylic acids is 1. The van der Waals surface area contributed by atoms with E-state index >= 15 is 0 Å². The van der Waals surface area contributed by atoms with Crippen LogP contribution in [-0.4, -0.2) is 27.3 Å². The maximum atomic E-state index is 12.3. The van der Waals surface area contributed by atoms with Crippen LogP contribution < -0.4 is 5.32 Å². The van der Waals surface area contributed by atoms with Gasteiger partial charge in [-0.1, -0.05) is 44.9 Å². The van der Waals surface area contributed by atoms with Crippen LogP contribution in [-0.2, 0) is 4.79 Å². The topological polar surface area (TPSA) is 46.9 Å². The SMILES string of the molecule is Cc1nc(SC(C)C(=O)NCC(C)C)n(C2CCCCC2)c1C. The van der Waals surface area contributed by atoms with Gasteiger partial charge >= 0.3 is 0 Å². The molecule has 0 saturated heterocycles. The van der Waals surface area contributed by atoms with Crippen LogP contribution in [0.5, 0.6) is 0 Å². The van der Waals surface area contributed by atoms with Crippen molar-refractivity contribution in [3.8, 4) is 0 Å². The van der Waals surface area contributed by atoms with Crippen molar-refractivity contribution >= 4 is 17.7 Å². The molecule has 0 bridgehead atoms. The van der Waals surface area contributed by atoms with E-state index in [1.165, 1.54) is 37.8 Å². The first-order valence-corrected chi connectivity index (χ1v) is 9.78. The normalized spacial score (nSPS) is 17.5. The number of rotatable bonds is 6. The third-order valence-electron chi connectivity index (χ3n) is 4.63. The predicted molar refractivity (Wildman–Crippen MR) is 97.0 cm³/mol.